The molecule has 0 saturated carbocycles. The Bertz CT molecular complexity index is 1110. The quantitative estimate of drug-likeness (QED) is 0.534. The minimum absolute atomic E-state index is 0.751. The van der Waals surface area contributed by atoms with Gasteiger partial charge in [0.25, 0.3) is 0 Å². The van der Waals surface area contributed by atoms with Gasteiger partial charge in [0.2, 0.25) is 0 Å². The molecular formula is C20H21N7S. The molecule has 1 aliphatic heterocycles. The van der Waals surface area contributed by atoms with Crippen LogP contribution >= 0.6 is 11.3 Å². The third kappa shape index (κ3) is 2.99. The standard InChI is InChI=1S/C20H21N7S/c1-14-13-15(2)27(24-14)19-4-3-18(22-23-19)25-8-10-26(11-9-25)20-16-6-12-28-17(16)5-7-21-20/h3-7,12-13H,8-11H2,1-2H3. The Balaban J connectivity index is 1.30. The van der Waals surface area contributed by atoms with Gasteiger partial charge in [0.15, 0.2) is 11.6 Å². The molecule has 7 nitrogen and oxygen atoms in total. The lowest BCUT2D eigenvalue weighted by molar-refractivity contribution is 0.638. The maximum atomic E-state index is 4.63. The molecule has 0 bridgehead atoms. The normalized spacial score (nSPS) is 14.8. The maximum Gasteiger partial charge on any atom is 0.176 e. The highest BCUT2D eigenvalue weighted by molar-refractivity contribution is 7.17. The highest BCUT2D eigenvalue weighted by Crippen LogP contribution is 2.29. The van der Waals surface area contributed by atoms with E-state index in [2.05, 4.69) is 47.6 Å². The molecule has 142 valence electrons. The number of rotatable bonds is 3. The molecule has 1 fully saturated rings. The molecule has 0 spiro atoms. The molecular weight excluding hydrogens is 370 g/mol. The summed E-state index contributed by atoms with van der Waals surface area (Å²) in [5.41, 5.74) is 2.04. The summed E-state index contributed by atoms with van der Waals surface area (Å²) in [4.78, 5) is 9.28. The molecule has 4 aromatic rings. The molecule has 0 amide bonds. The zero-order chi connectivity index (χ0) is 19.1. The number of fused-ring (bicyclic) bond motifs is 1. The minimum atomic E-state index is 0.751. The molecule has 5 heterocycles. The monoisotopic (exact) mass is 391 g/mol. The van der Waals surface area contributed by atoms with E-state index in [0.29, 0.717) is 0 Å². The number of aryl methyl sites for hydroxylation is 2. The van der Waals surface area contributed by atoms with E-state index in [0.717, 1.165) is 55.0 Å². The van der Waals surface area contributed by atoms with Crippen molar-refractivity contribution in [3.8, 4) is 5.82 Å². The molecule has 8 heteroatoms. The van der Waals surface area contributed by atoms with Crippen LogP contribution in [0.1, 0.15) is 11.4 Å². The predicted octanol–water partition coefficient (Wildman–Crippen LogP) is 3.22. The van der Waals surface area contributed by atoms with Gasteiger partial charge in [-0.1, -0.05) is 0 Å². The molecule has 1 saturated heterocycles. The third-order valence-electron chi connectivity index (χ3n) is 5.13. The average molecular weight is 392 g/mol. The number of pyridine rings is 1. The van der Waals surface area contributed by atoms with Crippen LogP contribution in [-0.4, -0.2) is 51.1 Å². The number of hydrogen-bond donors (Lipinski definition) is 0. The minimum Gasteiger partial charge on any atom is -0.353 e. The zero-order valence-corrected chi connectivity index (χ0v) is 16.7. The first-order chi connectivity index (χ1) is 13.7. The molecule has 0 atom stereocenters. The highest BCUT2D eigenvalue weighted by atomic mass is 32.1. The van der Waals surface area contributed by atoms with Gasteiger partial charge in [-0.25, -0.2) is 9.67 Å². The Morgan fingerprint density at radius 2 is 1.64 bits per heavy atom. The van der Waals surface area contributed by atoms with Gasteiger partial charge in [-0.2, -0.15) is 5.10 Å². The largest absolute Gasteiger partial charge is 0.353 e. The number of hydrogen-bond acceptors (Lipinski definition) is 7. The molecule has 0 aliphatic carbocycles. The molecule has 0 unspecified atom stereocenters. The van der Waals surface area contributed by atoms with E-state index in [1.54, 1.807) is 11.3 Å². The van der Waals surface area contributed by atoms with Crippen molar-refractivity contribution in [2.45, 2.75) is 13.8 Å². The van der Waals surface area contributed by atoms with Gasteiger partial charge in [0.05, 0.1) is 5.69 Å². The molecule has 0 radical (unpaired) electrons. The lowest BCUT2D eigenvalue weighted by Crippen LogP contribution is -2.47. The second-order valence-corrected chi connectivity index (χ2v) is 7.98. The summed E-state index contributed by atoms with van der Waals surface area (Å²) in [5.74, 6) is 2.75. The number of aromatic nitrogens is 5. The third-order valence-corrected chi connectivity index (χ3v) is 6.01. The fraction of sp³-hybridized carbons (Fsp3) is 0.300. The first kappa shape index (κ1) is 17.1. The summed E-state index contributed by atoms with van der Waals surface area (Å²) < 4.78 is 3.12. The van der Waals surface area contributed by atoms with Crippen LogP contribution < -0.4 is 9.80 Å². The molecule has 0 aromatic carbocycles. The van der Waals surface area contributed by atoms with Crippen molar-refractivity contribution in [1.82, 2.24) is 25.0 Å². The summed E-state index contributed by atoms with van der Waals surface area (Å²) in [6.07, 6.45) is 1.91. The van der Waals surface area contributed by atoms with Crippen molar-refractivity contribution in [3.63, 3.8) is 0 Å². The maximum absolute atomic E-state index is 4.63. The Kier molecular flexibility index (Phi) is 4.20. The Morgan fingerprint density at radius 1 is 0.893 bits per heavy atom. The van der Waals surface area contributed by atoms with Crippen LogP contribution in [0.25, 0.3) is 15.9 Å². The van der Waals surface area contributed by atoms with Gasteiger partial charge in [-0.05, 0) is 49.6 Å². The van der Waals surface area contributed by atoms with Gasteiger partial charge < -0.3 is 9.80 Å². The van der Waals surface area contributed by atoms with E-state index >= 15 is 0 Å². The van der Waals surface area contributed by atoms with Crippen molar-refractivity contribution in [2.75, 3.05) is 36.0 Å². The van der Waals surface area contributed by atoms with Crippen LogP contribution in [0, 0.1) is 13.8 Å². The smallest absolute Gasteiger partial charge is 0.176 e. The summed E-state index contributed by atoms with van der Waals surface area (Å²) >= 11 is 1.76. The van der Waals surface area contributed by atoms with E-state index in [1.165, 1.54) is 10.1 Å². The van der Waals surface area contributed by atoms with Gasteiger partial charge in [0, 0.05) is 48.2 Å². The van der Waals surface area contributed by atoms with Crippen molar-refractivity contribution < 1.29 is 0 Å². The van der Waals surface area contributed by atoms with E-state index < -0.39 is 0 Å². The van der Waals surface area contributed by atoms with Gasteiger partial charge in [-0.3, -0.25) is 0 Å². The lowest BCUT2D eigenvalue weighted by Gasteiger charge is -2.36. The molecule has 28 heavy (non-hydrogen) atoms. The fourth-order valence-electron chi connectivity index (χ4n) is 3.74. The topological polar surface area (TPSA) is 63.0 Å². The summed E-state index contributed by atoms with van der Waals surface area (Å²) in [7, 11) is 0. The summed E-state index contributed by atoms with van der Waals surface area (Å²) in [6.45, 7) is 7.64. The van der Waals surface area contributed by atoms with Crippen molar-refractivity contribution in [1.29, 1.82) is 0 Å². The second kappa shape index (κ2) is 6.87. The first-order valence-electron chi connectivity index (χ1n) is 9.38. The van der Waals surface area contributed by atoms with Crippen LogP contribution in [0.4, 0.5) is 11.6 Å². The van der Waals surface area contributed by atoms with E-state index in [4.69, 9.17) is 0 Å². The Morgan fingerprint density at radius 3 is 2.36 bits per heavy atom. The van der Waals surface area contributed by atoms with Crippen LogP contribution in [0.3, 0.4) is 0 Å². The van der Waals surface area contributed by atoms with Gasteiger partial charge >= 0.3 is 0 Å². The van der Waals surface area contributed by atoms with Crippen molar-refractivity contribution >= 4 is 33.1 Å². The van der Waals surface area contributed by atoms with E-state index in [9.17, 15) is 0 Å². The van der Waals surface area contributed by atoms with Crippen molar-refractivity contribution in [2.24, 2.45) is 0 Å². The van der Waals surface area contributed by atoms with Crippen LogP contribution in [0.5, 0.6) is 0 Å². The first-order valence-corrected chi connectivity index (χ1v) is 10.3. The number of thiophene rings is 1. The summed E-state index contributed by atoms with van der Waals surface area (Å²) in [5, 5.41) is 16.7. The number of nitrogens with zero attached hydrogens (tertiary/aromatic N) is 7. The molecule has 4 aromatic heterocycles. The lowest BCUT2D eigenvalue weighted by atomic mass is 10.2. The van der Waals surface area contributed by atoms with E-state index in [-0.39, 0.29) is 0 Å². The Labute approximate surface area is 167 Å². The van der Waals surface area contributed by atoms with Crippen LogP contribution in [0.2, 0.25) is 0 Å². The zero-order valence-electron chi connectivity index (χ0n) is 15.9. The second-order valence-electron chi connectivity index (χ2n) is 7.03. The van der Waals surface area contributed by atoms with Crippen LogP contribution in [0.15, 0.2) is 41.9 Å². The number of anilines is 2. The average Bonchev–Trinajstić information content (AvgIpc) is 3.34. The van der Waals surface area contributed by atoms with Crippen molar-refractivity contribution in [3.05, 3.63) is 53.3 Å². The summed E-state index contributed by atoms with van der Waals surface area (Å²) in [6, 6.07) is 10.3. The molecule has 5 rings (SSSR count). The fourth-order valence-corrected chi connectivity index (χ4v) is 4.52. The van der Waals surface area contributed by atoms with Crippen LogP contribution in [-0.2, 0) is 0 Å². The molecule has 0 N–H and O–H groups in total. The van der Waals surface area contributed by atoms with Gasteiger partial charge in [0.1, 0.15) is 5.82 Å². The van der Waals surface area contributed by atoms with E-state index in [1.807, 2.05) is 42.9 Å². The highest BCUT2D eigenvalue weighted by Gasteiger charge is 2.21. The SMILES string of the molecule is Cc1cc(C)n(-c2ccc(N3CCN(c4nccc5sccc45)CC3)nn2)n1. The Hall–Kier alpha value is -3.00. The van der Waals surface area contributed by atoms with Gasteiger partial charge in [-0.15, -0.1) is 21.5 Å². The molecule has 1 aliphatic rings. The number of piperazine rings is 1. The predicted molar refractivity (Wildman–Crippen MR) is 113 cm³/mol.